The third kappa shape index (κ3) is 3.52. The molecule has 0 aliphatic carbocycles. The summed E-state index contributed by atoms with van der Waals surface area (Å²) in [6, 6.07) is 4.56. The third-order valence-corrected chi connectivity index (χ3v) is 6.60. The lowest BCUT2D eigenvalue weighted by molar-refractivity contribution is 0.465. The van der Waals surface area contributed by atoms with Crippen LogP contribution in [0, 0.1) is 13.8 Å². The standard InChI is InChI=1S/C16H19Cl2N3O2S/c1-5-9-21-12(3)13(11(2)19-21)10-20(4)24(22,23)15-8-6-7-14(17)16(15)18/h5-8H,1,9-10H2,2-4H3. The van der Waals surface area contributed by atoms with Crippen LogP contribution < -0.4 is 0 Å². The van der Waals surface area contributed by atoms with Gasteiger partial charge < -0.3 is 0 Å². The van der Waals surface area contributed by atoms with E-state index in [-0.39, 0.29) is 21.5 Å². The van der Waals surface area contributed by atoms with E-state index in [9.17, 15) is 8.42 Å². The number of aryl methyl sites for hydroxylation is 1. The zero-order chi connectivity index (χ0) is 18.1. The molecule has 0 atom stereocenters. The van der Waals surface area contributed by atoms with E-state index in [1.54, 1.807) is 22.9 Å². The Kier molecular flexibility index (Phi) is 5.75. The molecule has 0 fully saturated rings. The Morgan fingerprint density at radius 2 is 2.00 bits per heavy atom. The van der Waals surface area contributed by atoms with Gasteiger partial charge in [-0.2, -0.15) is 9.40 Å². The van der Waals surface area contributed by atoms with E-state index in [2.05, 4.69) is 11.7 Å². The van der Waals surface area contributed by atoms with E-state index >= 15 is 0 Å². The van der Waals surface area contributed by atoms with Crippen LogP contribution in [0.5, 0.6) is 0 Å². The Balaban J connectivity index is 2.37. The highest BCUT2D eigenvalue weighted by molar-refractivity contribution is 7.89. The average Bonchev–Trinajstić information content (AvgIpc) is 2.77. The lowest BCUT2D eigenvalue weighted by Crippen LogP contribution is -2.27. The zero-order valence-electron chi connectivity index (χ0n) is 13.8. The van der Waals surface area contributed by atoms with Crippen LogP contribution in [-0.4, -0.2) is 29.6 Å². The maximum absolute atomic E-state index is 12.8. The lowest BCUT2D eigenvalue weighted by atomic mass is 10.2. The number of nitrogens with zero attached hydrogens (tertiary/aromatic N) is 3. The Labute approximate surface area is 152 Å². The van der Waals surface area contributed by atoms with Gasteiger partial charge in [0.05, 0.1) is 22.3 Å². The van der Waals surface area contributed by atoms with Gasteiger partial charge in [-0.15, -0.1) is 6.58 Å². The molecule has 0 aliphatic heterocycles. The summed E-state index contributed by atoms with van der Waals surface area (Å²) in [6.45, 7) is 8.23. The number of hydrogen-bond acceptors (Lipinski definition) is 3. The van der Waals surface area contributed by atoms with Gasteiger partial charge in [0.15, 0.2) is 0 Å². The van der Waals surface area contributed by atoms with Crippen molar-refractivity contribution in [2.45, 2.75) is 31.8 Å². The van der Waals surface area contributed by atoms with Crippen LogP contribution in [0.25, 0.3) is 0 Å². The molecule has 0 unspecified atom stereocenters. The highest BCUT2D eigenvalue weighted by Gasteiger charge is 2.26. The van der Waals surface area contributed by atoms with Gasteiger partial charge in [-0.1, -0.05) is 35.3 Å². The SMILES string of the molecule is C=CCn1nc(C)c(CN(C)S(=O)(=O)c2cccc(Cl)c2Cl)c1C. The van der Waals surface area contributed by atoms with Crippen LogP contribution in [-0.2, 0) is 23.1 Å². The molecule has 1 heterocycles. The van der Waals surface area contributed by atoms with Crippen molar-refractivity contribution in [1.29, 1.82) is 0 Å². The summed E-state index contributed by atoms with van der Waals surface area (Å²) in [5, 5.41) is 4.65. The summed E-state index contributed by atoms with van der Waals surface area (Å²) in [6.07, 6.45) is 1.75. The average molecular weight is 388 g/mol. The summed E-state index contributed by atoms with van der Waals surface area (Å²) in [5.74, 6) is 0. The van der Waals surface area contributed by atoms with E-state index < -0.39 is 10.0 Å². The summed E-state index contributed by atoms with van der Waals surface area (Å²) in [4.78, 5) is -0.00652. The second-order valence-electron chi connectivity index (χ2n) is 5.43. The summed E-state index contributed by atoms with van der Waals surface area (Å²) >= 11 is 12.0. The summed E-state index contributed by atoms with van der Waals surface area (Å²) in [5.41, 5.74) is 2.56. The Morgan fingerprint density at radius 1 is 1.33 bits per heavy atom. The van der Waals surface area contributed by atoms with Gasteiger partial charge in [0, 0.05) is 24.8 Å². The number of benzene rings is 1. The fraction of sp³-hybridized carbons (Fsp3) is 0.312. The molecular weight excluding hydrogens is 369 g/mol. The molecule has 1 aromatic carbocycles. The third-order valence-electron chi connectivity index (χ3n) is 3.82. The van der Waals surface area contributed by atoms with Gasteiger partial charge in [-0.05, 0) is 26.0 Å². The van der Waals surface area contributed by atoms with Crippen molar-refractivity contribution in [2.24, 2.45) is 0 Å². The van der Waals surface area contributed by atoms with Crippen molar-refractivity contribution >= 4 is 33.2 Å². The largest absolute Gasteiger partial charge is 0.265 e. The number of allylic oxidation sites excluding steroid dienone is 1. The molecular formula is C16H19Cl2N3O2S. The fourth-order valence-electron chi connectivity index (χ4n) is 2.42. The van der Waals surface area contributed by atoms with Crippen LogP contribution in [0.2, 0.25) is 10.0 Å². The maximum atomic E-state index is 12.8. The Hall–Kier alpha value is -1.34. The zero-order valence-corrected chi connectivity index (χ0v) is 16.1. The van der Waals surface area contributed by atoms with E-state index in [1.165, 1.54) is 17.4 Å². The first kappa shape index (κ1) is 19.0. The number of rotatable bonds is 6. The molecule has 24 heavy (non-hydrogen) atoms. The van der Waals surface area contributed by atoms with Crippen molar-refractivity contribution < 1.29 is 8.42 Å². The van der Waals surface area contributed by atoms with Gasteiger partial charge in [-0.3, -0.25) is 4.68 Å². The minimum atomic E-state index is -3.77. The van der Waals surface area contributed by atoms with E-state index in [0.29, 0.717) is 6.54 Å². The minimum absolute atomic E-state index is 0.00652. The molecule has 0 spiro atoms. The second-order valence-corrected chi connectivity index (χ2v) is 8.23. The summed E-state index contributed by atoms with van der Waals surface area (Å²) < 4.78 is 28.7. The van der Waals surface area contributed by atoms with E-state index in [1.807, 2.05) is 13.8 Å². The molecule has 8 heteroatoms. The van der Waals surface area contributed by atoms with Crippen molar-refractivity contribution in [3.05, 3.63) is 57.9 Å². The second kappa shape index (κ2) is 7.27. The fourth-order valence-corrected chi connectivity index (χ4v) is 4.29. The molecule has 0 amide bonds. The molecule has 0 saturated carbocycles. The molecule has 0 radical (unpaired) electrons. The topological polar surface area (TPSA) is 55.2 Å². The highest BCUT2D eigenvalue weighted by atomic mass is 35.5. The van der Waals surface area contributed by atoms with Crippen LogP contribution >= 0.6 is 23.2 Å². The number of aromatic nitrogens is 2. The Morgan fingerprint density at radius 3 is 2.62 bits per heavy atom. The quantitative estimate of drug-likeness (QED) is 0.707. The molecule has 2 aromatic rings. The number of halogens is 2. The van der Waals surface area contributed by atoms with Crippen LogP contribution in [0.3, 0.4) is 0 Å². The molecule has 1 aromatic heterocycles. The van der Waals surface area contributed by atoms with Gasteiger partial charge in [0.2, 0.25) is 10.0 Å². The first-order valence-electron chi connectivity index (χ1n) is 7.24. The van der Waals surface area contributed by atoms with Crippen molar-refractivity contribution in [1.82, 2.24) is 14.1 Å². The smallest absolute Gasteiger partial charge is 0.244 e. The van der Waals surface area contributed by atoms with Crippen molar-refractivity contribution in [2.75, 3.05) is 7.05 Å². The number of hydrogen-bond donors (Lipinski definition) is 0. The lowest BCUT2D eigenvalue weighted by Gasteiger charge is -2.18. The molecule has 0 N–H and O–H groups in total. The first-order valence-corrected chi connectivity index (χ1v) is 9.43. The molecule has 2 rings (SSSR count). The van der Waals surface area contributed by atoms with Crippen LogP contribution in [0.4, 0.5) is 0 Å². The molecule has 130 valence electrons. The van der Waals surface area contributed by atoms with E-state index in [4.69, 9.17) is 23.2 Å². The predicted molar refractivity (Wildman–Crippen MR) is 97.0 cm³/mol. The molecule has 0 saturated heterocycles. The summed E-state index contributed by atoms with van der Waals surface area (Å²) in [7, 11) is -2.26. The predicted octanol–water partition coefficient (Wildman–Crippen LogP) is 3.81. The van der Waals surface area contributed by atoms with Gasteiger partial charge in [-0.25, -0.2) is 8.42 Å². The molecule has 0 aliphatic rings. The van der Waals surface area contributed by atoms with Gasteiger partial charge in [0.25, 0.3) is 0 Å². The highest BCUT2D eigenvalue weighted by Crippen LogP contribution is 2.31. The first-order chi connectivity index (χ1) is 11.2. The van der Waals surface area contributed by atoms with Crippen molar-refractivity contribution in [3.8, 4) is 0 Å². The normalized spacial score (nSPS) is 11.9. The number of sulfonamides is 1. The molecule has 5 nitrogen and oxygen atoms in total. The van der Waals surface area contributed by atoms with Gasteiger partial charge in [0.1, 0.15) is 4.90 Å². The van der Waals surface area contributed by atoms with Crippen LogP contribution in [0.1, 0.15) is 17.0 Å². The van der Waals surface area contributed by atoms with Crippen LogP contribution in [0.15, 0.2) is 35.7 Å². The Bertz CT molecular complexity index is 876. The minimum Gasteiger partial charge on any atom is -0.265 e. The maximum Gasteiger partial charge on any atom is 0.244 e. The van der Waals surface area contributed by atoms with Gasteiger partial charge >= 0.3 is 0 Å². The van der Waals surface area contributed by atoms with E-state index in [0.717, 1.165) is 17.0 Å². The monoisotopic (exact) mass is 387 g/mol. The molecule has 0 bridgehead atoms. The van der Waals surface area contributed by atoms with Crippen molar-refractivity contribution in [3.63, 3.8) is 0 Å².